The van der Waals surface area contributed by atoms with E-state index >= 15 is 0 Å². The topological polar surface area (TPSA) is 44.8 Å². The molecule has 3 rings (SSSR count). The summed E-state index contributed by atoms with van der Waals surface area (Å²) in [6.45, 7) is 2.80. The Balaban J connectivity index is 1.80. The number of hydrogen-bond donors (Lipinski definition) is 0. The number of Topliss-reactive ketones (excluding diaryl/α,β-unsaturated/α-hetero) is 1. The number of carbonyl (C=O) groups is 1. The third-order valence-corrected chi connectivity index (χ3v) is 3.60. The van der Waals surface area contributed by atoms with Crippen molar-refractivity contribution in [1.29, 1.82) is 0 Å². The molecule has 0 aliphatic carbocycles. The van der Waals surface area contributed by atoms with E-state index in [1.54, 1.807) is 18.2 Å². The summed E-state index contributed by atoms with van der Waals surface area (Å²) in [5.74, 6) is 1.72. The minimum Gasteiger partial charge on any atom is -0.488 e. The molecule has 0 amide bonds. The van der Waals surface area contributed by atoms with Gasteiger partial charge >= 0.3 is 0 Å². The first-order valence-corrected chi connectivity index (χ1v) is 7.34. The van der Waals surface area contributed by atoms with E-state index in [1.807, 2.05) is 18.2 Å². The normalized spacial score (nSPS) is 12.8. The third kappa shape index (κ3) is 3.02. The molecule has 0 spiro atoms. The molecule has 22 heavy (non-hydrogen) atoms. The molecule has 0 saturated carbocycles. The monoisotopic (exact) mass is 318 g/mol. The highest BCUT2D eigenvalue weighted by atomic mass is 35.5. The van der Waals surface area contributed by atoms with Crippen molar-refractivity contribution in [2.24, 2.45) is 0 Å². The van der Waals surface area contributed by atoms with E-state index in [4.69, 9.17) is 25.8 Å². The maximum atomic E-state index is 11.6. The van der Waals surface area contributed by atoms with Gasteiger partial charge in [0.25, 0.3) is 0 Å². The zero-order valence-corrected chi connectivity index (χ0v) is 12.9. The Hall–Kier alpha value is -2.20. The van der Waals surface area contributed by atoms with Crippen molar-refractivity contribution < 1.29 is 19.0 Å². The fraction of sp³-hybridized carbons (Fsp3) is 0.235. The number of fused-ring (bicyclic) bond motifs is 1. The van der Waals surface area contributed by atoms with E-state index in [-0.39, 0.29) is 5.78 Å². The number of carbonyl (C=O) groups excluding carboxylic acids is 1. The second-order valence-corrected chi connectivity index (χ2v) is 5.35. The summed E-state index contributed by atoms with van der Waals surface area (Å²) in [5, 5.41) is 0.496. The van der Waals surface area contributed by atoms with E-state index < -0.39 is 0 Å². The van der Waals surface area contributed by atoms with Gasteiger partial charge in [-0.05, 0) is 36.8 Å². The van der Waals surface area contributed by atoms with Crippen LogP contribution >= 0.6 is 11.6 Å². The van der Waals surface area contributed by atoms with Crippen LogP contribution < -0.4 is 14.2 Å². The van der Waals surface area contributed by atoms with E-state index in [1.165, 1.54) is 6.92 Å². The molecule has 1 aliphatic heterocycles. The van der Waals surface area contributed by atoms with Crippen molar-refractivity contribution >= 4 is 17.4 Å². The van der Waals surface area contributed by atoms with Crippen molar-refractivity contribution in [3.8, 4) is 17.2 Å². The van der Waals surface area contributed by atoms with Crippen LogP contribution in [0.3, 0.4) is 0 Å². The lowest BCUT2D eigenvalue weighted by molar-refractivity contribution is 0.101. The predicted octanol–water partition coefficient (Wildman–Crippen LogP) is 3.89. The van der Waals surface area contributed by atoms with E-state index in [0.29, 0.717) is 47.7 Å². The van der Waals surface area contributed by atoms with Crippen LogP contribution in [0.5, 0.6) is 17.2 Å². The number of para-hydroxylation sites is 1. The van der Waals surface area contributed by atoms with Crippen LogP contribution in [-0.4, -0.2) is 19.0 Å². The quantitative estimate of drug-likeness (QED) is 0.802. The van der Waals surface area contributed by atoms with E-state index in [9.17, 15) is 4.79 Å². The first-order valence-electron chi connectivity index (χ1n) is 6.96. The van der Waals surface area contributed by atoms with Crippen LogP contribution in [0.2, 0.25) is 5.02 Å². The maximum Gasteiger partial charge on any atom is 0.179 e. The van der Waals surface area contributed by atoms with Gasteiger partial charge in [-0.1, -0.05) is 23.7 Å². The first-order chi connectivity index (χ1) is 10.6. The van der Waals surface area contributed by atoms with Crippen LogP contribution in [-0.2, 0) is 6.61 Å². The molecule has 0 aromatic heterocycles. The number of ketones is 1. The standard InChI is InChI=1S/C17H15ClO4/c1-11(19)13-4-2-3-5-15(13)22-10-12-8-14(18)17-16(9-12)20-6-7-21-17/h2-5,8-9H,6-7,10H2,1H3. The summed E-state index contributed by atoms with van der Waals surface area (Å²) in [6.07, 6.45) is 0. The zero-order valence-electron chi connectivity index (χ0n) is 12.1. The summed E-state index contributed by atoms with van der Waals surface area (Å²) in [6, 6.07) is 10.8. The molecule has 0 fully saturated rings. The highest BCUT2D eigenvalue weighted by Gasteiger charge is 2.17. The molecule has 0 saturated heterocycles. The van der Waals surface area contributed by atoms with Crippen LogP contribution in [0.4, 0.5) is 0 Å². The van der Waals surface area contributed by atoms with Gasteiger partial charge in [-0.15, -0.1) is 0 Å². The molecule has 0 radical (unpaired) electrons. The molecule has 114 valence electrons. The Morgan fingerprint density at radius 1 is 1.23 bits per heavy atom. The minimum absolute atomic E-state index is 0.0317. The van der Waals surface area contributed by atoms with Gasteiger partial charge in [0.2, 0.25) is 0 Å². The highest BCUT2D eigenvalue weighted by Crippen LogP contribution is 2.38. The van der Waals surface area contributed by atoms with Gasteiger partial charge in [0, 0.05) is 0 Å². The Labute approximate surface area is 133 Å². The molecule has 5 heteroatoms. The van der Waals surface area contributed by atoms with Gasteiger partial charge in [-0.2, -0.15) is 0 Å². The number of benzene rings is 2. The fourth-order valence-electron chi connectivity index (χ4n) is 2.29. The van der Waals surface area contributed by atoms with Gasteiger partial charge in [-0.3, -0.25) is 4.79 Å². The molecule has 1 heterocycles. The third-order valence-electron chi connectivity index (χ3n) is 3.32. The van der Waals surface area contributed by atoms with Crippen LogP contribution in [0.15, 0.2) is 36.4 Å². The molecule has 1 aliphatic rings. The summed E-state index contributed by atoms with van der Waals surface area (Å²) >= 11 is 6.20. The summed E-state index contributed by atoms with van der Waals surface area (Å²) in [4.78, 5) is 11.6. The molecule has 4 nitrogen and oxygen atoms in total. The lowest BCUT2D eigenvalue weighted by Crippen LogP contribution is -2.16. The Morgan fingerprint density at radius 3 is 2.82 bits per heavy atom. The summed E-state index contributed by atoms with van der Waals surface area (Å²) in [7, 11) is 0. The van der Waals surface area contributed by atoms with Crippen molar-refractivity contribution in [1.82, 2.24) is 0 Å². The summed E-state index contributed by atoms with van der Waals surface area (Å²) < 4.78 is 16.8. The van der Waals surface area contributed by atoms with E-state index in [0.717, 1.165) is 5.56 Å². The molecule has 0 atom stereocenters. The lowest BCUT2D eigenvalue weighted by atomic mass is 10.1. The molecule has 2 aromatic rings. The number of hydrogen-bond acceptors (Lipinski definition) is 4. The Kier molecular flexibility index (Phi) is 4.20. The number of rotatable bonds is 4. The van der Waals surface area contributed by atoms with Crippen LogP contribution in [0.25, 0.3) is 0 Å². The smallest absolute Gasteiger partial charge is 0.179 e. The average molecular weight is 319 g/mol. The Bertz CT molecular complexity index is 712. The van der Waals surface area contributed by atoms with E-state index in [2.05, 4.69) is 0 Å². The molecule has 2 aromatic carbocycles. The van der Waals surface area contributed by atoms with Gasteiger partial charge in [-0.25, -0.2) is 0 Å². The molecule has 0 unspecified atom stereocenters. The Morgan fingerprint density at radius 2 is 2.00 bits per heavy atom. The number of ether oxygens (including phenoxy) is 3. The van der Waals surface area contributed by atoms with Gasteiger partial charge in [0.15, 0.2) is 17.3 Å². The van der Waals surface area contributed by atoms with Crippen molar-refractivity contribution in [3.05, 3.63) is 52.5 Å². The minimum atomic E-state index is -0.0317. The molecule has 0 N–H and O–H groups in total. The second kappa shape index (κ2) is 6.28. The SMILES string of the molecule is CC(=O)c1ccccc1OCc1cc(Cl)c2c(c1)OCCO2. The molecular formula is C17H15ClO4. The fourth-order valence-corrected chi connectivity index (χ4v) is 2.58. The molecule has 0 bridgehead atoms. The van der Waals surface area contributed by atoms with Gasteiger partial charge in [0.1, 0.15) is 25.6 Å². The first kappa shape index (κ1) is 14.7. The van der Waals surface area contributed by atoms with Gasteiger partial charge in [0.05, 0.1) is 10.6 Å². The van der Waals surface area contributed by atoms with Gasteiger partial charge < -0.3 is 14.2 Å². The number of halogens is 1. The predicted molar refractivity (Wildman–Crippen MR) is 83.2 cm³/mol. The second-order valence-electron chi connectivity index (χ2n) is 4.94. The zero-order chi connectivity index (χ0) is 15.5. The highest BCUT2D eigenvalue weighted by molar-refractivity contribution is 6.32. The lowest BCUT2D eigenvalue weighted by Gasteiger charge is -2.20. The van der Waals surface area contributed by atoms with Crippen molar-refractivity contribution in [2.45, 2.75) is 13.5 Å². The largest absolute Gasteiger partial charge is 0.488 e. The molecular weight excluding hydrogens is 304 g/mol. The maximum absolute atomic E-state index is 11.6. The van der Waals surface area contributed by atoms with Crippen molar-refractivity contribution in [2.75, 3.05) is 13.2 Å². The van der Waals surface area contributed by atoms with Crippen molar-refractivity contribution in [3.63, 3.8) is 0 Å². The van der Waals surface area contributed by atoms with Crippen LogP contribution in [0, 0.1) is 0 Å². The van der Waals surface area contributed by atoms with Crippen LogP contribution in [0.1, 0.15) is 22.8 Å². The average Bonchev–Trinajstić information content (AvgIpc) is 2.53. The summed E-state index contributed by atoms with van der Waals surface area (Å²) in [5.41, 5.74) is 1.42.